The van der Waals surface area contributed by atoms with E-state index in [0.29, 0.717) is 10.6 Å². The van der Waals surface area contributed by atoms with Crippen LogP contribution in [0.15, 0.2) is 18.2 Å². The van der Waals surface area contributed by atoms with Gasteiger partial charge in [-0.05, 0) is 18.2 Å². The Balaban J connectivity index is 2.87. The number of methoxy groups -OCH3 is 1. The number of ether oxygens (including phenoxy) is 1. The van der Waals surface area contributed by atoms with Crippen LogP contribution in [0.25, 0.3) is 0 Å². The number of nitrogens with zero attached hydrogens (tertiary/aromatic N) is 1. The van der Waals surface area contributed by atoms with Gasteiger partial charge in [-0.1, -0.05) is 0 Å². The Labute approximate surface area is 102 Å². The zero-order valence-electron chi connectivity index (χ0n) is 9.91. The summed E-state index contributed by atoms with van der Waals surface area (Å²) in [5.41, 5.74) is 5.86. The van der Waals surface area contributed by atoms with Crippen LogP contribution in [0.2, 0.25) is 0 Å². The molecule has 4 nitrogen and oxygen atoms in total. The van der Waals surface area contributed by atoms with E-state index in [1.807, 2.05) is 0 Å². The van der Waals surface area contributed by atoms with Gasteiger partial charge in [-0.2, -0.15) is 13.2 Å². The highest BCUT2D eigenvalue weighted by Crippen LogP contribution is 2.23. The van der Waals surface area contributed by atoms with E-state index < -0.39 is 18.6 Å². The van der Waals surface area contributed by atoms with Gasteiger partial charge in [0.1, 0.15) is 12.3 Å². The largest absolute Gasteiger partial charge is 0.495 e. The molecule has 0 aliphatic rings. The Bertz CT molecular complexity index is 446. The molecule has 0 aliphatic heterocycles. The average molecular weight is 262 g/mol. The lowest BCUT2D eigenvalue weighted by molar-refractivity contribution is -0.138. The van der Waals surface area contributed by atoms with Gasteiger partial charge < -0.3 is 15.4 Å². The minimum atomic E-state index is -4.43. The minimum Gasteiger partial charge on any atom is -0.495 e. The molecule has 7 heteroatoms. The van der Waals surface area contributed by atoms with Crippen LogP contribution in [0.4, 0.5) is 18.9 Å². The summed E-state index contributed by atoms with van der Waals surface area (Å²) < 4.78 is 41.3. The summed E-state index contributed by atoms with van der Waals surface area (Å²) in [5, 5.41) is 0. The van der Waals surface area contributed by atoms with Crippen LogP contribution >= 0.6 is 0 Å². The fourth-order valence-corrected chi connectivity index (χ4v) is 1.43. The third-order valence-corrected chi connectivity index (χ3v) is 2.24. The van der Waals surface area contributed by atoms with E-state index in [1.165, 1.54) is 25.3 Å². The zero-order valence-corrected chi connectivity index (χ0v) is 9.91. The summed E-state index contributed by atoms with van der Waals surface area (Å²) in [6.07, 6.45) is -4.43. The maximum Gasteiger partial charge on any atom is 0.406 e. The molecular formula is C11H13F3N2O2. The number of nitrogen functional groups attached to an aromatic ring is 1. The van der Waals surface area contributed by atoms with Crippen molar-refractivity contribution in [2.45, 2.75) is 6.18 Å². The van der Waals surface area contributed by atoms with Crippen molar-refractivity contribution in [1.82, 2.24) is 4.90 Å². The molecule has 0 aromatic heterocycles. The molecule has 0 radical (unpaired) electrons. The van der Waals surface area contributed by atoms with Crippen molar-refractivity contribution in [1.29, 1.82) is 0 Å². The molecule has 0 fully saturated rings. The molecule has 1 aromatic carbocycles. The second-order valence-electron chi connectivity index (χ2n) is 3.73. The Morgan fingerprint density at radius 2 is 2.06 bits per heavy atom. The highest BCUT2D eigenvalue weighted by Gasteiger charge is 2.31. The second kappa shape index (κ2) is 5.16. The minimum absolute atomic E-state index is 0.0834. The first-order chi connectivity index (χ1) is 8.24. The number of nitrogens with two attached hydrogens (primary N) is 1. The number of amides is 1. The maximum absolute atomic E-state index is 12.1. The predicted molar refractivity (Wildman–Crippen MR) is 60.4 cm³/mol. The van der Waals surface area contributed by atoms with E-state index in [1.54, 1.807) is 0 Å². The van der Waals surface area contributed by atoms with E-state index in [0.717, 1.165) is 7.05 Å². The molecule has 100 valence electrons. The van der Waals surface area contributed by atoms with Crippen LogP contribution in [-0.2, 0) is 0 Å². The maximum atomic E-state index is 12.1. The van der Waals surface area contributed by atoms with Crippen LogP contribution in [-0.4, -0.2) is 37.7 Å². The van der Waals surface area contributed by atoms with Crippen molar-refractivity contribution in [3.05, 3.63) is 23.8 Å². The van der Waals surface area contributed by atoms with Gasteiger partial charge in [0.25, 0.3) is 5.91 Å². The summed E-state index contributed by atoms with van der Waals surface area (Å²) in [6, 6.07) is 4.09. The monoisotopic (exact) mass is 262 g/mol. The van der Waals surface area contributed by atoms with Crippen molar-refractivity contribution >= 4 is 11.6 Å². The predicted octanol–water partition coefficient (Wildman–Crippen LogP) is 1.91. The number of hydrogen-bond acceptors (Lipinski definition) is 3. The van der Waals surface area contributed by atoms with Crippen LogP contribution < -0.4 is 10.5 Å². The Morgan fingerprint density at radius 1 is 1.44 bits per heavy atom. The molecule has 1 amide bonds. The Hall–Kier alpha value is -1.92. The number of rotatable bonds is 3. The highest BCUT2D eigenvalue weighted by molar-refractivity contribution is 5.95. The van der Waals surface area contributed by atoms with E-state index in [4.69, 9.17) is 10.5 Å². The third-order valence-electron chi connectivity index (χ3n) is 2.24. The number of hydrogen-bond donors (Lipinski definition) is 1. The van der Waals surface area contributed by atoms with Gasteiger partial charge in [-0.25, -0.2) is 0 Å². The highest BCUT2D eigenvalue weighted by atomic mass is 19.4. The number of carbonyl (C=O) groups excluding carboxylic acids is 1. The van der Waals surface area contributed by atoms with Crippen molar-refractivity contribution in [2.24, 2.45) is 0 Å². The molecule has 0 saturated heterocycles. The lowest BCUT2D eigenvalue weighted by Crippen LogP contribution is -2.35. The number of carbonyl (C=O) groups is 1. The van der Waals surface area contributed by atoms with Gasteiger partial charge in [0, 0.05) is 12.6 Å². The normalized spacial score (nSPS) is 11.2. The van der Waals surface area contributed by atoms with Crippen LogP contribution in [0.3, 0.4) is 0 Å². The number of benzene rings is 1. The molecule has 1 aromatic rings. The topological polar surface area (TPSA) is 55.6 Å². The quantitative estimate of drug-likeness (QED) is 0.846. The lowest BCUT2D eigenvalue weighted by Gasteiger charge is -2.19. The summed E-state index contributed by atoms with van der Waals surface area (Å²) in [6.45, 7) is -1.31. The molecule has 0 bridgehead atoms. The fraction of sp³-hybridized carbons (Fsp3) is 0.364. The third kappa shape index (κ3) is 3.54. The number of anilines is 1. The van der Waals surface area contributed by atoms with Crippen LogP contribution in [0.5, 0.6) is 5.75 Å². The summed E-state index contributed by atoms with van der Waals surface area (Å²) in [7, 11) is 2.49. The van der Waals surface area contributed by atoms with Crippen molar-refractivity contribution in [3.63, 3.8) is 0 Å². The molecule has 0 spiro atoms. The van der Waals surface area contributed by atoms with Gasteiger partial charge in [0.2, 0.25) is 0 Å². The SMILES string of the molecule is COc1ccc(C(=O)N(C)CC(F)(F)F)cc1N. The zero-order chi connectivity index (χ0) is 13.9. The van der Waals surface area contributed by atoms with Gasteiger partial charge in [0.05, 0.1) is 12.8 Å². The van der Waals surface area contributed by atoms with E-state index >= 15 is 0 Å². The smallest absolute Gasteiger partial charge is 0.406 e. The molecule has 0 unspecified atom stereocenters. The Morgan fingerprint density at radius 3 is 2.50 bits per heavy atom. The number of alkyl halides is 3. The molecule has 0 aliphatic carbocycles. The summed E-state index contributed by atoms with van der Waals surface area (Å²) in [4.78, 5) is 12.3. The summed E-state index contributed by atoms with van der Waals surface area (Å²) >= 11 is 0. The molecule has 18 heavy (non-hydrogen) atoms. The molecule has 1 rings (SSSR count). The molecule has 0 saturated carbocycles. The van der Waals surface area contributed by atoms with E-state index in [9.17, 15) is 18.0 Å². The van der Waals surface area contributed by atoms with Gasteiger partial charge >= 0.3 is 6.18 Å². The first-order valence-electron chi connectivity index (χ1n) is 5.00. The molecule has 2 N–H and O–H groups in total. The summed E-state index contributed by atoms with van der Waals surface area (Å²) in [5.74, 6) is -0.383. The van der Waals surface area contributed by atoms with Gasteiger partial charge in [0.15, 0.2) is 0 Å². The average Bonchev–Trinajstić information content (AvgIpc) is 2.25. The lowest BCUT2D eigenvalue weighted by atomic mass is 10.1. The fourth-order valence-electron chi connectivity index (χ4n) is 1.43. The van der Waals surface area contributed by atoms with E-state index in [-0.39, 0.29) is 11.3 Å². The molecular weight excluding hydrogens is 249 g/mol. The van der Waals surface area contributed by atoms with Crippen LogP contribution in [0.1, 0.15) is 10.4 Å². The standard InChI is InChI=1S/C11H13F3N2O2/c1-16(6-11(12,13)14)10(17)7-3-4-9(18-2)8(15)5-7/h3-5H,6,15H2,1-2H3. The van der Waals surface area contributed by atoms with Crippen molar-refractivity contribution in [2.75, 3.05) is 26.4 Å². The van der Waals surface area contributed by atoms with Gasteiger partial charge in [-0.3, -0.25) is 4.79 Å². The molecule has 0 heterocycles. The number of halogens is 3. The van der Waals surface area contributed by atoms with E-state index in [2.05, 4.69) is 0 Å². The first-order valence-corrected chi connectivity index (χ1v) is 5.00. The van der Waals surface area contributed by atoms with Crippen LogP contribution in [0, 0.1) is 0 Å². The second-order valence-corrected chi connectivity index (χ2v) is 3.73. The van der Waals surface area contributed by atoms with Crippen molar-refractivity contribution in [3.8, 4) is 5.75 Å². The van der Waals surface area contributed by atoms with Crippen molar-refractivity contribution < 1.29 is 22.7 Å². The first kappa shape index (κ1) is 14.1. The Kier molecular flexibility index (Phi) is 4.05. The van der Waals surface area contributed by atoms with Gasteiger partial charge in [-0.15, -0.1) is 0 Å². The molecule has 0 atom stereocenters.